The van der Waals surface area contributed by atoms with E-state index in [0.29, 0.717) is 13.1 Å². The number of carbonyl (C=O) groups is 2. The van der Waals surface area contributed by atoms with E-state index >= 15 is 0 Å². The summed E-state index contributed by atoms with van der Waals surface area (Å²) in [4.78, 5) is 28.5. The molecule has 1 fully saturated rings. The van der Waals surface area contributed by atoms with Gasteiger partial charge in [0.25, 0.3) is 0 Å². The van der Waals surface area contributed by atoms with Crippen molar-refractivity contribution < 1.29 is 18.0 Å². The first kappa shape index (κ1) is 20.2. The standard InChI is InChI=1S/C23H25N3O4S/c1-16(27)25-11-4-6-18-13-19(8-9-21(18)25)31(29,30)24-14-22-20-7-3-2-5-17(20)10-12-26(22)23(28)15-24/h2-3,5,7-9,13,22H,4,6,10-12,14-15H2,1H3/t22-/m0/s1. The molecule has 1 saturated heterocycles. The van der Waals surface area contributed by atoms with Crippen molar-refractivity contribution in [2.45, 2.75) is 37.1 Å². The van der Waals surface area contributed by atoms with Gasteiger partial charge in [-0.1, -0.05) is 24.3 Å². The van der Waals surface area contributed by atoms with Gasteiger partial charge in [0.1, 0.15) is 0 Å². The van der Waals surface area contributed by atoms with Crippen molar-refractivity contribution in [1.82, 2.24) is 9.21 Å². The van der Waals surface area contributed by atoms with Crippen LogP contribution in [0.1, 0.15) is 36.1 Å². The number of hydrogen-bond acceptors (Lipinski definition) is 4. The van der Waals surface area contributed by atoms with Crippen molar-refractivity contribution in [3.63, 3.8) is 0 Å². The summed E-state index contributed by atoms with van der Waals surface area (Å²) >= 11 is 0. The maximum atomic E-state index is 13.5. The quantitative estimate of drug-likeness (QED) is 0.718. The SMILES string of the molecule is CC(=O)N1CCCc2cc(S(=O)(=O)N3CC(=O)N4CCc5ccccc5[C@@H]4C3)ccc21. The van der Waals surface area contributed by atoms with E-state index in [0.717, 1.165) is 36.1 Å². The van der Waals surface area contributed by atoms with E-state index in [2.05, 4.69) is 6.07 Å². The van der Waals surface area contributed by atoms with Crippen LogP contribution in [0.2, 0.25) is 0 Å². The molecular weight excluding hydrogens is 414 g/mol. The van der Waals surface area contributed by atoms with E-state index in [4.69, 9.17) is 0 Å². The fraction of sp³-hybridized carbons (Fsp3) is 0.391. The Morgan fingerprint density at radius 2 is 1.84 bits per heavy atom. The number of aryl methyl sites for hydroxylation is 1. The minimum absolute atomic E-state index is 0.0470. The fourth-order valence-electron chi connectivity index (χ4n) is 5.04. The summed E-state index contributed by atoms with van der Waals surface area (Å²) in [7, 11) is -3.84. The van der Waals surface area contributed by atoms with Gasteiger partial charge < -0.3 is 9.80 Å². The van der Waals surface area contributed by atoms with Crippen LogP contribution in [0.25, 0.3) is 0 Å². The predicted molar refractivity (Wildman–Crippen MR) is 116 cm³/mol. The number of sulfonamides is 1. The van der Waals surface area contributed by atoms with Crippen LogP contribution in [0.4, 0.5) is 5.69 Å². The highest BCUT2D eigenvalue weighted by atomic mass is 32.2. The Labute approximate surface area is 182 Å². The molecule has 2 aromatic rings. The highest BCUT2D eigenvalue weighted by Crippen LogP contribution is 2.36. The van der Waals surface area contributed by atoms with Gasteiger partial charge >= 0.3 is 0 Å². The largest absolute Gasteiger partial charge is 0.333 e. The zero-order valence-corrected chi connectivity index (χ0v) is 18.3. The molecule has 0 N–H and O–H groups in total. The van der Waals surface area contributed by atoms with Crippen LogP contribution in [0.3, 0.4) is 0 Å². The van der Waals surface area contributed by atoms with E-state index in [1.165, 1.54) is 16.8 Å². The van der Waals surface area contributed by atoms with E-state index in [9.17, 15) is 18.0 Å². The predicted octanol–water partition coefficient (Wildman–Crippen LogP) is 2.12. The molecule has 0 radical (unpaired) electrons. The molecule has 3 heterocycles. The Bertz CT molecular complexity index is 1180. The molecule has 1 atom stereocenters. The third-order valence-electron chi connectivity index (χ3n) is 6.61. The third-order valence-corrected chi connectivity index (χ3v) is 8.42. The summed E-state index contributed by atoms with van der Waals surface area (Å²) in [5, 5.41) is 0. The molecule has 8 heteroatoms. The van der Waals surface area contributed by atoms with Gasteiger partial charge in [0.2, 0.25) is 21.8 Å². The average molecular weight is 440 g/mol. The lowest BCUT2D eigenvalue weighted by atomic mass is 9.91. The maximum absolute atomic E-state index is 13.5. The van der Waals surface area contributed by atoms with Crippen LogP contribution < -0.4 is 4.90 Å². The highest BCUT2D eigenvalue weighted by Gasteiger charge is 2.41. The Kier molecular flexibility index (Phi) is 4.86. The first-order valence-corrected chi connectivity index (χ1v) is 12.1. The van der Waals surface area contributed by atoms with Crippen LogP contribution in [-0.2, 0) is 32.5 Å². The minimum Gasteiger partial charge on any atom is -0.333 e. The molecule has 0 aromatic heterocycles. The van der Waals surface area contributed by atoms with E-state index < -0.39 is 10.0 Å². The number of piperazine rings is 1. The molecule has 31 heavy (non-hydrogen) atoms. The Balaban J connectivity index is 1.48. The minimum atomic E-state index is -3.84. The number of anilines is 1. The van der Waals surface area contributed by atoms with Crippen molar-refractivity contribution in [2.75, 3.05) is 31.1 Å². The van der Waals surface area contributed by atoms with E-state index in [1.807, 2.05) is 23.1 Å². The number of fused-ring (bicyclic) bond motifs is 4. The molecule has 7 nitrogen and oxygen atoms in total. The van der Waals surface area contributed by atoms with Crippen LogP contribution in [0.15, 0.2) is 47.4 Å². The smallest absolute Gasteiger partial charge is 0.243 e. The molecule has 0 bridgehead atoms. The number of nitrogens with zero attached hydrogens (tertiary/aromatic N) is 3. The zero-order valence-electron chi connectivity index (χ0n) is 17.5. The van der Waals surface area contributed by atoms with Crippen LogP contribution in [0, 0.1) is 0 Å². The molecule has 2 aromatic carbocycles. The van der Waals surface area contributed by atoms with Gasteiger partial charge in [-0.25, -0.2) is 8.42 Å². The van der Waals surface area contributed by atoms with Crippen LogP contribution in [-0.4, -0.2) is 55.6 Å². The summed E-state index contributed by atoms with van der Waals surface area (Å²) in [5.74, 6) is -0.204. The lowest BCUT2D eigenvalue weighted by molar-refractivity contribution is -0.138. The van der Waals surface area contributed by atoms with Gasteiger partial charge in [-0.05, 0) is 54.2 Å². The zero-order chi connectivity index (χ0) is 21.8. The molecule has 0 unspecified atom stereocenters. The molecule has 0 aliphatic carbocycles. The number of rotatable bonds is 2. The van der Waals surface area contributed by atoms with Gasteiger partial charge in [-0.2, -0.15) is 4.31 Å². The van der Waals surface area contributed by atoms with Crippen molar-refractivity contribution in [3.05, 3.63) is 59.2 Å². The van der Waals surface area contributed by atoms with Crippen LogP contribution in [0.5, 0.6) is 0 Å². The summed E-state index contributed by atoms with van der Waals surface area (Å²) in [6.45, 7) is 2.90. The molecule has 2 amide bonds. The molecule has 0 spiro atoms. The normalized spacial score (nSPS) is 21.3. The average Bonchev–Trinajstić information content (AvgIpc) is 2.77. The molecular formula is C23H25N3O4S. The fourth-order valence-corrected chi connectivity index (χ4v) is 6.49. The monoisotopic (exact) mass is 439 g/mol. The highest BCUT2D eigenvalue weighted by molar-refractivity contribution is 7.89. The summed E-state index contributed by atoms with van der Waals surface area (Å²) in [6, 6.07) is 12.6. The topological polar surface area (TPSA) is 78.0 Å². The summed E-state index contributed by atoms with van der Waals surface area (Å²) in [6.07, 6.45) is 2.32. The second kappa shape index (κ2) is 7.46. The van der Waals surface area contributed by atoms with Gasteiger partial charge in [0.05, 0.1) is 17.5 Å². The third kappa shape index (κ3) is 3.34. The number of benzene rings is 2. The van der Waals surface area contributed by atoms with Gasteiger partial charge in [-0.15, -0.1) is 0 Å². The molecule has 0 saturated carbocycles. The first-order valence-electron chi connectivity index (χ1n) is 10.6. The molecule has 5 rings (SSSR count). The van der Waals surface area contributed by atoms with E-state index in [-0.39, 0.29) is 35.8 Å². The lowest BCUT2D eigenvalue weighted by Gasteiger charge is -2.44. The van der Waals surface area contributed by atoms with E-state index in [1.54, 1.807) is 23.1 Å². The number of amides is 2. The molecule has 3 aliphatic heterocycles. The van der Waals surface area contributed by atoms with Crippen molar-refractivity contribution in [3.8, 4) is 0 Å². The summed E-state index contributed by atoms with van der Waals surface area (Å²) < 4.78 is 28.3. The van der Waals surface area contributed by atoms with Crippen LogP contribution >= 0.6 is 0 Å². The second-order valence-corrected chi connectivity index (χ2v) is 10.4. The Morgan fingerprint density at radius 3 is 2.65 bits per heavy atom. The number of hydrogen-bond donors (Lipinski definition) is 0. The lowest BCUT2D eigenvalue weighted by Crippen LogP contribution is -2.55. The maximum Gasteiger partial charge on any atom is 0.243 e. The van der Waals surface area contributed by atoms with Gasteiger partial charge in [0.15, 0.2) is 0 Å². The Hall–Kier alpha value is -2.71. The van der Waals surface area contributed by atoms with Crippen molar-refractivity contribution in [2.24, 2.45) is 0 Å². The summed E-state index contributed by atoms with van der Waals surface area (Å²) in [5.41, 5.74) is 3.84. The Morgan fingerprint density at radius 1 is 1.03 bits per heavy atom. The van der Waals surface area contributed by atoms with Crippen molar-refractivity contribution >= 4 is 27.5 Å². The van der Waals surface area contributed by atoms with Crippen molar-refractivity contribution in [1.29, 1.82) is 0 Å². The van der Waals surface area contributed by atoms with Gasteiger partial charge in [-0.3, -0.25) is 9.59 Å². The molecule has 162 valence electrons. The molecule has 3 aliphatic rings. The second-order valence-electron chi connectivity index (χ2n) is 8.41. The van der Waals surface area contributed by atoms with Gasteiger partial charge in [0, 0.05) is 32.2 Å². The first-order chi connectivity index (χ1) is 14.9. The number of carbonyl (C=O) groups excluding carboxylic acids is 2.